The van der Waals surface area contributed by atoms with Gasteiger partial charge in [-0.05, 0) is 48.4 Å². The molecule has 2 aromatic rings. The molecule has 2 heterocycles. The van der Waals surface area contributed by atoms with Gasteiger partial charge in [0, 0.05) is 5.52 Å². The Bertz CT molecular complexity index is 673. The predicted molar refractivity (Wildman–Crippen MR) is 90.1 cm³/mol. The van der Waals surface area contributed by atoms with Gasteiger partial charge in [-0.25, -0.2) is 0 Å². The predicted octanol–water partition coefficient (Wildman–Crippen LogP) is -3.40. The van der Waals surface area contributed by atoms with Crippen LogP contribution in [-0.4, -0.2) is 57.3 Å². The van der Waals surface area contributed by atoms with Crippen molar-refractivity contribution >= 4 is 77.6 Å². The lowest BCUT2D eigenvalue weighted by atomic mass is 9.64. The summed E-state index contributed by atoms with van der Waals surface area (Å²) >= 11 is 0. The number of hydrogen-bond donors (Lipinski definition) is 2. The molecule has 1 aromatic carbocycles. The van der Waals surface area contributed by atoms with Crippen LogP contribution in [0.2, 0.25) is 0 Å². The van der Waals surface area contributed by atoms with Gasteiger partial charge in [0.2, 0.25) is 0 Å². The Hall–Kier alpha value is -0.955. The average Bonchev–Trinajstić information content (AvgIpc) is 2.81. The molecule has 20 heavy (non-hydrogen) atoms. The normalized spacial score (nSPS) is 16.8. The van der Waals surface area contributed by atoms with Crippen LogP contribution in [0.5, 0.6) is 0 Å². The quantitative estimate of drug-likeness (QED) is 0.507. The van der Waals surface area contributed by atoms with Gasteiger partial charge >= 0.3 is 0 Å². The molecule has 0 saturated carbocycles. The van der Waals surface area contributed by atoms with E-state index in [0.29, 0.717) is 38.9 Å². The van der Waals surface area contributed by atoms with E-state index in [4.69, 9.17) is 39.2 Å². The van der Waals surface area contributed by atoms with Gasteiger partial charge in [0.15, 0.2) is 0 Å². The van der Waals surface area contributed by atoms with Crippen molar-refractivity contribution in [2.24, 2.45) is 0 Å². The van der Waals surface area contributed by atoms with Gasteiger partial charge in [-0.3, -0.25) is 0 Å². The number of nitrogens with one attached hydrogen (secondary N) is 2. The summed E-state index contributed by atoms with van der Waals surface area (Å²) in [6.45, 7) is 1.94. The number of aromatic amines is 1. The molecular weight excluding hydrogens is 238 g/mol. The maximum absolute atomic E-state index is 6.16. The SMILES string of the molecule is [B]c1[nH]c2c([B])c([B])c([B])c([B])c2c1C1CCNCC1. The summed E-state index contributed by atoms with van der Waals surface area (Å²) in [5.41, 5.74) is 3.86. The Morgan fingerprint density at radius 2 is 1.40 bits per heavy atom. The topological polar surface area (TPSA) is 27.8 Å². The van der Waals surface area contributed by atoms with E-state index < -0.39 is 0 Å². The highest BCUT2D eigenvalue weighted by Crippen LogP contribution is 2.28. The van der Waals surface area contributed by atoms with Crippen LogP contribution in [0.25, 0.3) is 10.9 Å². The number of aromatic nitrogens is 1. The van der Waals surface area contributed by atoms with E-state index in [0.717, 1.165) is 36.9 Å². The molecular formula is C13H11B5N2. The molecule has 1 fully saturated rings. The van der Waals surface area contributed by atoms with Crippen LogP contribution >= 0.6 is 0 Å². The lowest BCUT2D eigenvalue weighted by molar-refractivity contribution is 0.464. The number of piperidine rings is 1. The van der Waals surface area contributed by atoms with Gasteiger partial charge in [0.25, 0.3) is 0 Å². The maximum Gasteiger partial charge on any atom is 0.138 e. The molecule has 2 nitrogen and oxygen atoms in total. The zero-order valence-corrected chi connectivity index (χ0v) is 11.3. The summed E-state index contributed by atoms with van der Waals surface area (Å²) in [5.74, 6) is 0.356. The molecule has 88 valence electrons. The van der Waals surface area contributed by atoms with E-state index in [1.54, 1.807) is 0 Å². The minimum atomic E-state index is 0.313. The van der Waals surface area contributed by atoms with Crippen molar-refractivity contribution in [2.75, 3.05) is 13.1 Å². The van der Waals surface area contributed by atoms with Gasteiger partial charge in [0.05, 0.1) is 0 Å². The summed E-state index contributed by atoms with van der Waals surface area (Å²) in [6, 6.07) is 0. The fourth-order valence-corrected chi connectivity index (χ4v) is 3.11. The first kappa shape index (κ1) is 14.0. The van der Waals surface area contributed by atoms with Crippen LogP contribution in [0.15, 0.2) is 0 Å². The zero-order chi connectivity index (χ0) is 14.4. The Morgan fingerprint density at radius 1 is 0.800 bits per heavy atom. The molecule has 0 aliphatic carbocycles. The highest BCUT2D eigenvalue weighted by atomic mass is 14.9. The van der Waals surface area contributed by atoms with Gasteiger partial charge in [-0.1, -0.05) is 10.9 Å². The number of benzene rings is 1. The van der Waals surface area contributed by atoms with E-state index >= 15 is 0 Å². The Morgan fingerprint density at radius 3 is 2.05 bits per heavy atom. The van der Waals surface area contributed by atoms with Crippen molar-refractivity contribution in [2.45, 2.75) is 18.8 Å². The van der Waals surface area contributed by atoms with Gasteiger partial charge in [-0.2, -0.15) is 0 Å². The van der Waals surface area contributed by atoms with Crippen molar-refractivity contribution in [1.29, 1.82) is 0 Å². The summed E-state index contributed by atoms with van der Waals surface area (Å²) < 4.78 is 0. The highest BCUT2D eigenvalue weighted by Gasteiger charge is 2.23. The first-order valence-electron chi connectivity index (χ1n) is 6.76. The number of rotatable bonds is 1. The second-order valence-corrected chi connectivity index (χ2v) is 5.38. The smallest absolute Gasteiger partial charge is 0.138 e. The first-order valence-corrected chi connectivity index (χ1v) is 6.76. The van der Waals surface area contributed by atoms with E-state index in [9.17, 15) is 0 Å². The lowest BCUT2D eigenvalue weighted by Gasteiger charge is -2.24. The monoisotopic (exact) mass is 250 g/mol. The fourth-order valence-electron chi connectivity index (χ4n) is 3.11. The summed E-state index contributed by atoms with van der Waals surface area (Å²) in [7, 11) is 30.2. The zero-order valence-electron chi connectivity index (χ0n) is 11.3. The average molecular weight is 249 g/mol. The highest BCUT2D eigenvalue weighted by molar-refractivity contribution is 6.66. The third-order valence-electron chi connectivity index (χ3n) is 4.23. The fraction of sp³-hybridized carbons (Fsp3) is 0.385. The third kappa shape index (κ3) is 1.98. The van der Waals surface area contributed by atoms with Gasteiger partial charge in [-0.15, -0.1) is 10.9 Å². The number of hydrogen-bond acceptors (Lipinski definition) is 1. The molecule has 7 heteroatoms. The van der Waals surface area contributed by atoms with E-state index in [-0.39, 0.29) is 0 Å². The Kier molecular flexibility index (Phi) is 3.57. The summed E-state index contributed by atoms with van der Waals surface area (Å²) in [5, 5.41) is 4.17. The molecule has 3 rings (SSSR count). The molecule has 0 atom stereocenters. The number of H-pyrrole nitrogens is 1. The van der Waals surface area contributed by atoms with E-state index in [2.05, 4.69) is 10.3 Å². The molecule has 2 N–H and O–H groups in total. The molecule has 1 aromatic heterocycles. The molecule has 10 radical (unpaired) electrons. The minimum Gasteiger partial charge on any atom is -0.368 e. The van der Waals surface area contributed by atoms with Crippen LogP contribution in [0.1, 0.15) is 24.3 Å². The number of fused-ring (bicyclic) bond motifs is 1. The minimum absolute atomic E-state index is 0.313. The van der Waals surface area contributed by atoms with Crippen molar-refractivity contribution in [3.05, 3.63) is 5.56 Å². The maximum atomic E-state index is 6.16. The first-order chi connectivity index (χ1) is 9.52. The largest absolute Gasteiger partial charge is 0.368 e. The van der Waals surface area contributed by atoms with Crippen LogP contribution < -0.4 is 32.8 Å². The standard InChI is InChI=1S/C13H11B5N2/c14-8-7-6(5-1-3-19-4-2-5)13(18)20-12(7)11(17)10(16)9(8)15/h5,19-20H,1-4H2. The Balaban J connectivity index is 2.29. The molecule has 1 aliphatic rings. The molecule has 1 saturated heterocycles. The van der Waals surface area contributed by atoms with Crippen molar-refractivity contribution in [3.63, 3.8) is 0 Å². The third-order valence-corrected chi connectivity index (χ3v) is 4.23. The molecule has 1 aliphatic heterocycles. The molecule has 0 spiro atoms. The van der Waals surface area contributed by atoms with E-state index in [1.807, 2.05) is 0 Å². The van der Waals surface area contributed by atoms with Crippen LogP contribution in [0.3, 0.4) is 0 Å². The van der Waals surface area contributed by atoms with Gasteiger partial charge < -0.3 is 10.3 Å². The van der Waals surface area contributed by atoms with Crippen LogP contribution in [0, 0.1) is 0 Å². The van der Waals surface area contributed by atoms with Crippen molar-refractivity contribution < 1.29 is 0 Å². The second-order valence-electron chi connectivity index (χ2n) is 5.38. The molecule has 0 bridgehead atoms. The summed E-state index contributed by atoms with van der Waals surface area (Å²) in [4.78, 5) is 3.12. The van der Waals surface area contributed by atoms with Crippen molar-refractivity contribution in [1.82, 2.24) is 10.3 Å². The van der Waals surface area contributed by atoms with E-state index in [1.165, 1.54) is 0 Å². The van der Waals surface area contributed by atoms with Crippen LogP contribution in [0.4, 0.5) is 0 Å². The Labute approximate surface area is 125 Å². The summed E-state index contributed by atoms with van der Waals surface area (Å²) in [6.07, 6.45) is 2.03. The lowest BCUT2D eigenvalue weighted by Crippen LogP contribution is -2.47. The van der Waals surface area contributed by atoms with Gasteiger partial charge in [0.1, 0.15) is 39.2 Å². The molecule has 0 amide bonds. The second kappa shape index (κ2) is 5.11. The van der Waals surface area contributed by atoms with Crippen molar-refractivity contribution in [3.8, 4) is 0 Å². The molecule has 0 unspecified atom stereocenters. The van der Waals surface area contributed by atoms with Crippen LogP contribution in [-0.2, 0) is 0 Å².